The summed E-state index contributed by atoms with van der Waals surface area (Å²) in [6.45, 7) is 2.03. The number of aromatic nitrogens is 4. The van der Waals surface area contributed by atoms with Crippen molar-refractivity contribution in [2.24, 2.45) is 7.05 Å². The van der Waals surface area contributed by atoms with Gasteiger partial charge in [0.2, 0.25) is 5.78 Å². The second-order valence-corrected chi connectivity index (χ2v) is 4.75. The van der Waals surface area contributed by atoms with Gasteiger partial charge in [0.25, 0.3) is 0 Å². The Morgan fingerprint density at radius 1 is 1.59 bits per heavy atom. The van der Waals surface area contributed by atoms with E-state index in [9.17, 15) is 4.79 Å². The minimum atomic E-state index is -0.159. The predicted molar refractivity (Wildman–Crippen MR) is 65.6 cm³/mol. The number of halogens is 1. The van der Waals surface area contributed by atoms with Crippen LogP contribution in [0.15, 0.2) is 6.20 Å². The van der Waals surface area contributed by atoms with Gasteiger partial charge < -0.3 is 0 Å². The maximum Gasteiger partial charge on any atom is 0.226 e. The third kappa shape index (κ3) is 2.23. The quantitative estimate of drug-likeness (QED) is 0.799. The molecule has 2 aromatic rings. The summed E-state index contributed by atoms with van der Waals surface area (Å²) in [4.78, 5) is 12.8. The van der Waals surface area contributed by atoms with Crippen LogP contribution in [0.4, 0.5) is 0 Å². The minimum Gasteiger partial charge on any atom is -0.286 e. The summed E-state index contributed by atoms with van der Waals surface area (Å²) in [7, 11) is 1.69. The Balaban J connectivity index is 2.40. The molecule has 0 fully saturated rings. The van der Waals surface area contributed by atoms with E-state index in [0.717, 1.165) is 30.1 Å². The van der Waals surface area contributed by atoms with Crippen molar-refractivity contribution >= 4 is 28.9 Å². The molecule has 0 aliphatic carbocycles. The van der Waals surface area contributed by atoms with E-state index >= 15 is 0 Å². The van der Waals surface area contributed by atoms with Crippen LogP contribution >= 0.6 is 23.1 Å². The van der Waals surface area contributed by atoms with Gasteiger partial charge in [0.15, 0.2) is 0 Å². The van der Waals surface area contributed by atoms with E-state index in [1.807, 2.05) is 6.92 Å². The number of ketones is 1. The molecule has 0 saturated heterocycles. The third-order valence-corrected chi connectivity index (χ3v) is 3.40. The van der Waals surface area contributed by atoms with Crippen molar-refractivity contribution < 1.29 is 4.79 Å². The summed E-state index contributed by atoms with van der Waals surface area (Å²) in [5, 5.41) is 8.28. The minimum absolute atomic E-state index is 0.159. The van der Waals surface area contributed by atoms with E-state index < -0.39 is 0 Å². The normalized spacial score (nSPS) is 10.8. The van der Waals surface area contributed by atoms with E-state index in [-0.39, 0.29) is 5.78 Å². The number of carbonyl (C=O) groups excluding carboxylic acids is 1. The van der Waals surface area contributed by atoms with Crippen molar-refractivity contribution in [2.75, 3.05) is 0 Å². The predicted octanol–water partition coefficient (Wildman–Crippen LogP) is 2.11. The largest absolute Gasteiger partial charge is 0.286 e. The van der Waals surface area contributed by atoms with Crippen LogP contribution in [-0.2, 0) is 13.5 Å². The molecule has 0 bridgehead atoms. The first-order valence-corrected chi connectivity index (χ1v) is 6.33. The molecular weight excluding hydrogens is 260 g/mol. The fraction of sp³-hybridized carbons (Fsp3) is 0.400. The fourth-order valence-electron chi connectivity index (χ4n) is 1.56. The van der Waals surface area contributed by atoms with Crippen LogP contribution < -0.4 is 0 Å². The molecule has 17 heavy (non-hydrogen) atoms. The van der Waals surface area contributed by atoms with Crippen molar-refractivity contribution in [3.05, 3.63) is 27.5 Å². The molecule has 7 heteroatoms. The third-order valence-electron chi connectivity index (χ3n) is 2.36. The molecule has 0 amide bonds. The maximum atomic E-state index is 12.3. The zero-order valence-electron chi connectivity index (χ0n) is 9.47. The highest BCUT2D eigenvalue weighted by Gasteiger charge is 2.22. The zero-order chi connectivity index (χ0) is 12.4. The van der Waals surface area contributed by atoms with Crippen LogP contribution in [0.2, 0.25) is 5.02 Å². The lowest BCUT2D eigenvalue weighted by Gasteiger charge is -2.01. The van der Waals surface area contributed by atoms with Gasteiger partial charge in [-0.2, -0.15) is 5.10 Å². The van der Waals surface area contributed by atoms with Crippen LogP contribution in [-0.4, -0.2) is 25.2 Å². The molecule has 2 aromatic heterocycles. The lowest BCUT2D eigenvalue weighted by Crippen LogP contribution is -2.09. The second-order valence-electron chi connectivity index (χ2n) is 3.59. The van der Waals surface area contributed by atoms with Gasteiger partial charge in [-0.15, -0.1) is 5.10 Å². The summed E-state index contributed by atoms with van der Waals surface area (Å²) in [6.07, 6.45) is 3.13. The molecule has 5 nitrogen and oxygen atoms in total. The molecule has 0 saturated carbocycles. The molecule has 0 spiro atoms. The second kappa shape index (κ2) is 4.93. The Kier molecular flexibility index (Phi) is 3.54. The molecule has 0 aromatic carbocycles. The van der Waals surface area contributed by atoms with E-state index in [4.69, 9.17) is 11.6 Å². The van der Waals surface area contributed by atoms with Gasteiger partial charge in [-0.25, -0.2) is 0 Å². The number of hydrogen-bond acceptors (Lipinski definition) is 5. The van der Waals surface area contributed by atoms with Crippen LogP contribution in [0.5, 0.6) is 0 Å². The van der Waals surface area contributed by atoms with Gasteiger partial charge in [-0.1, -0.05) is 29.4 Å². The van der Waals surface area contributed by atoms with Gasteiger partial charge >= 0.3 is 0 Å². The van der Waals surface area contributed by atoms with Gasteiger partial charge in [-0.05, 0) is 18.0 Å². The Bertz CT molecular complexity index is 529. The van der Waals surface area contributed by atoms with Gasteiger partial charge in [0.1, 0.15) is 10.6 Å². The smallest absolute Gasteiger partial charge is 0.226 e. The number of hydrogen-bond donors (Lipinski definition) is 0. The van der Waals surface area contributed by atoms with Crippen molar-refractivity contribution in [2.45, 2.75) is 19.8 Å². The lowest BCUT2D eigenvalue weighted by molar-refractivity contribution is 0.103. The number of rotatable bonds is 4. The first-order chi connectivity index (χ1) is 8.15. The number of carbonyl (C=O) groups is 1. The SMILES string of the molecule is CCCc1nnsc1C(=O)c1c(Cl)cnn1C. The molecule has 90 valence electrons. The Morgan fingerprint density at radius 3 is 2.94 bits per heavy atom. The Hall–Kier alpha value is -1.27. The molecule has 0 unspecified atom stereocenters. The van der Waals surface area contributed by atoms with Gasteiger partial charge in [0.05, 0.1) is 16.9 Å². The van der Waals surface area contributed by atoms with Crippen molar-refractivity contribution in [3.63, 3.8) is 0 Å². The van der Waals surface area contributed by atoms with Crippen molar-refractivity contribution in [1.29, 1.82) is 0 Å². The van der Waals surface area contributed by atoms with Crippen molar-refractivity contribution in [3.8, 4) is 0 Å². The number of aryl methyl sites for hydroxylation is 2. The molecule has 2 heterocycles. The van der Waals surface area contributed by atoms with Gasteiger partial charge in [-0.3, -0.25) is 9.48 Å². The monoisotopic (exact) mass is 270 g/mol. The average Bonchev–Trinajstić information content (AvgIpc) is 2.86. The van der Waals surface area contributed by atoms with Crippen LogP contribution in [0.1, 0.15) is 34.4 Å². The lowest BCUT2D eigenvalue weighted by atomic mass is 10.1. The van der Waals surface area contributed by atoms with Crippen LogP contribution in [0, 0.1) is 0 Å². The summed E-state index contributed by atoms with van der Waals surface area (Å²) >= 11 is 7.05. The summed E-state index contributed by atoms with van der Waals surface area (Å²) in [5.41, 5.74) is 1.12. The highest BCUT2D eigenvalue weighted by Crippen LogP contribution is 2.22. The molecular formula is C10H11ClN4OS. The highest BCUT2D eigenvalue weighted by molar-refractivity contribution is 7.08. The maximum absolute atomic E-state index is 12.3. The highest BCUT2D eigenvalue weighted by atomic mass is 35.5. The van der Waals surface area contributed by atoms with E-state index in [2.05, 4.69) is 14.7 Å². The molecule has 0 radical (unpaired) electrons. The number of nitrogens with zero attached hydrogens (tertiary/aromatic N) is 4. The fourth-order valence-corrected chi connectivity index (χ4v) is 2.46. The molecule has 0 aliphatic heterocycles. The Morgan fingerprint density at radius 2 is 2.35 bits per heavy atom. The summed E-state index contributed by atoms with van der Waals surface area (Å²) < 4.78 is 5.30. The molecule has 0 N–H and O–H groups in total. The van der Waals surface area contributed by atoms with Gasteiger partial charge in [0, 0.05) is 7.05 Å². The van der Waals surface area contributed by atoms with E-state index in [1.54, 1.807) is 7.05 Å². The zero-order valence-corrected chi connectivity index (χ0v) is 11.0. The average molecular weight is 271 g/mol. The van der Waals surface area contributed by atoms with Crippen LogP contribution in [0.3, 0.4) is 0 Å². The topological polar surface area (TPSA) is 60.7 Å². The van der Waals surface area contributed by atoms with E-state index in [1.165, 1.54) is 10.9 Å². The molecule has 0 atom stereocenters. The first-order valence-electron chi connectivity index (χ1n) is 5.18. The van der Waals surface area contributed by atoms with Crippen LogP contribution in [0.25, 0.3) is 0 Å². The standard InChI is InChI=1S/C10H11ClN4OS/c1-3-4-7-10(17-14-13-7)9(16)8-6(11)5-12-15(8)2/h5H,3-4H2,1-2H3. The molecule has 2 rings (SSSR count). The first kappa shape index (κ1) is 12.2. The summed E-state index contributed by atoms with van der Waals surface area (Å²) in [5.74, 6) is -0.159. The molecule has 0 aliphatic rings. The Labute approximate surface area is 108 Å². The summed E-state index contributed by atoms with van der Waals surface area (Å²) in [6, 6.07) is 0. The van der Waals surface area contributed by atoms with Crippen molar-refractivity contribution in [1.82, 2.24) is 19.4 Å². The van der Waals surface area contributed by atoms with E-state index in [0.29, 0.717) is 15.6 Å².